The van der Waals surface area contributed by atoms with E-state index in [1.54, 1.807) is 12.1 Å². The first-order valence-corrected chi connectivity index (χ1v) is 10.6. The first-order chi connectivity index (χ1) is 15.0. The van der Waals surface area contributed by atoms with Crippen molar-refractivity contribution in [3.63, 3.8) is 0 Å². The number of carbonyl (C=O) groups is 1. The summed E-state index contributed by atoms with van der Waals surface area (Å²) in [5.74, 6) is 0.788. The third-order valence-corrected chi connectivity index (χ3v) is 6.30. The van der Waals surface area contributed by atoms with Crippen molar-refractivity contribution in [3.05, 3.63) is 95.1 Å². The predicted octanol–water partition coefficient (Wildman–Crippen LogP) is 5.36. The molecule has 2 heterocycles. The van der Waals surface area contributed by atoms with Crippen molar-refractivity contribution in [1.82, 2.24) is 9.55 Å². The highest BCUT2D eigenvalue weighted by molar-refractivity contribution is 5.97. The molecule has 1 aliphatic heterocycles. The minimum Gasteiger partial charge on any atom is -0.323 e. The van der Waals surface area contributed by atoms with Gasteiger partial charge in [0.1, 0.15) is 11.6 Å². The minimum atomic E-state index is -0.245. The number of hydrogen-bond acceptors (Lipinski definition) is 2. The Labute approximate surface area is 181 Å². The molecule has 4 aromatic rings. The number of imidazole rings is 1. The van der Waals surface area contributed by atoms with Crippen LogP contribution in [0.25, 0.3) is 11.0 Å². The number of benzene rings is 3. The van der Waals surface area contributed by atoms with Gasteiger partial charge in [0.15, 0.2) is 0 Å². The van der Waals surface area contributed by atoms with Crippen LogP contribution in [0.5, 0.6) is 0 Å². The molecule has 0 unspecified atom stereocenters. The Bertz CT molecular complexity index is 1280. The fourth-order valence-electron chi connectivity index (χ4n) is 4.49. The number of para-hydroxylation sites is 2. The number of anilines is 1. The van der Waals surface area contributed by atoms with E-state index in [9.17, 15) is 9.18 Å². The molecule has 0 saturated carbocycles. The Morgan fingerprint density at radius 1 is 1.00 bits per heavy atom. The molecule has 31 heavy (non-hydrogen) atoms. The summed E-state index contributed by atoms with van der Waals surface area (Å²) in [6.45, 7) is 5.33. The normalized spacial score (nSPS) is 16.4. The highest BCUT2D eigenvalue weighted by atomic mass is 19.1. The summed E-state index contributed by atoms with van der Waals surface area (Å²) < 4.78 is 15.6. The summed E-state index contributed by atoms with van der Waals surface area (Å²) in [6, 6.07) is 20.7. The monoisotopic (exact) mass is 413 g/mol. The lowest BCUT2D eigenvalue weighted by Gasteiger charge is -2.20. The van der Waals surface area contributed by atoms with E-state index >= 15 is 0 Å². The first kappa shape index (κ1) is 19.5. The van der Waals surface area contributed by atoms with Gasteiger partial charge in [-0.2, -0.15) is 0 Å². The lowest BCUT2D eigenvalue weighted by molar-refractivity contribution is -0.117. The summed E-state index contributed by atoms with van der Waals surface area (Å²) in [4.78, 5) is 19.8. The van der Waals surface area contributed by atoms with Crippen LogP contribution in [0.3, 0.4) is 0 Å². The first-order valence-electron chi connectivity index (χ1n) is 10.6. The fourth-order valence-corrected chi connectivity index (χ4v) is 4.49. The molecule has 4 nitrogen and oxygen atoms in total. The molecule has 3 aromatic carbocycles. The van der Waals surface area contributed by atoms with Gasteiger partial charge in [0.25, 0.3) is 0 Å². The molecule has 1 aromatic heterocycles. The number of nitrogens with zero attached hydrogens (tertiary/aromatic N) is 3. The SMILES string of the molecule is Cc1cccc(N2C[C@@H](c3nc4ccccc4n3Cc3ccc(F)cc3)CC2=O)c1C. The molecular weight excluding hydrogens is 389 g/mol. The maximum atomic E-state index is 13.4. The number of carbonyl (C=O) groups excluding carboxylic acids is 1. The minimum absolute atomic E-state index is 0.000241. The Balaban J connectivity index is 1.53. The van der Waals surface area contributed by atoms with E-state index in [1.807, 2.05) is 35.2 Å². The maximum absolute atomic E-state index is 13.4. The van der Waals surface area contributed by atoms with E-state index < -0.39 is 0 Å². The summed E-state index contributed by atoms with van der Waals surface area (Å²) in [6.07, 6.45) is 0.431. The number of rotatable bonds is 4. The summed E-state index contributed by atoms with van der Waals surface area (Å²) >= 11 is 0. The average Bonchev–Trinajstić information content (AvgIpc) is 3.32. The van der Waals surface area contributed by atoms with Gasteiger partial charge >= 0.3 is 0 Å². The van der Waals surface area contributed by atoms with Crippen LogP contribution in [0.2, 0.25) is 0 Å². The van der Waals surface area contributed by atoms with Gasteiger partial charge in [-0.1, -0.05) is 36.4 Å². The highest BCUT2D eigenvalue weighted by Gasteiger charge is 2.35. The van der Waals surface area contributed by atoms with Gasteiger partial charge in [-0.25, -0.2) is 9.37 Å². The molecule has 0 aliphatic carbocycles. The zero-order valence-corrected chi connectivity index (χ0v) is 17.7. The van der Waals surface area contributed by atoms with Crippen molar-refractivity contribution in [2.75, 3.05) is 11.4 Å². The molecule has 156 valence electrons. The zero-order valence-electron chi connectivity index (χ0n) is 17.7. The Morgan fingerprint density at radius 2 is 1.77 bits per heavy atom. The largest absolute Gasteiger partial charge is 0.323 e. The second-order valence-electron chi connectivity index (χ2n) is 8.30. The fraction of sp³-hybridized carbons (Fsp3) is 0.231. The average molecular weight is 413 g/mol. The van der Waals surface area contributed by atoms with E-state index in [4.69, 9.17) is 4.98 Å². The summed E-state index contributed by atoms with van der Waals surface area (Å²) in [5, 5.41) is 0. The summed E-state index contributed by atoms with van der Waals surface area (Å²) in [5.41, 5.74) is 6.24. The number of fused-ring (bicyclic) bond motifs is 1. The van der Waals surface area contributed by atoms with Crippen LogP contribution in [0.1, 0.15) is 34.9 Å². The molecule has 1 saturated heterocycles. The zero-order chi connectivity index (χ0) is 21.5. The molecule has 0 N–H and O–H groups in total. The van der Waals surface area contributed by atoms with E-state index in [1.165, 1.54) is 17.7 Å². The van der Waals surface area contributed by atoms with Crippen molar-refractivity contribution < 1.29 is 9.18 Å². The lowest BCUT2D eigenvalue weighted by atomic mass is 10.1. The van der Waals surface area contributed by atoms with E-state index in [2.05, 4.69) is 30.5 Å². The number of halogens is 1. The summed E-state index contributed by atoms with van der Waals surface area (Å²) in [7, 11) is 0. The molecule has 5 heteroatoms. The topological polar surface area (TPSA) is 38.1 Å². The van der Waals surface area contributed by atoms with Crippen LogP contribution in [0, 0.1) is 19.7 Å². The lowest BCUT2D eigenvalue weighted by Crippen LogP contribution is -2.25. The van der Waals surface area contributed by atoms with Gasteiger partial charge in [-0.15, -0.1) is 0 Å². The predicted molar refractivity (Wildman–Crippen MR) is 121 cm³/mol. The second kappa shape index (κ2) is 7.65. The van der Waals surface area contributed by atoms with E-state index in [0.717, 1.165) is 33.7 Å². The van der Waals surface area contributed by atoms with Gasteiger partial charge in [-0.05, 0) is 60.9 Å². The highest BCUT2D eigenvalue weighted by Crippen LogP contribution is 2.35. The molecule has 1 amide bonds. The Kier molecular flexibility index (Phi) is 4.81. The number of aryl methyl sites for hydroxylation is 1. The Hall–Kier alpha value is -3.47. The van der Waals surface area contributed by atoms with Gasteiger partial charge in [-0.3, -0.25) is 4.79 Å². The van der Waals surface area contributed by atoms with Crippen molar-refractivity contribution in [3.8, 4) is 0 Å². The number of aromatic nitrogens is 2. The van der Waals surface area contributed by atoms with Gasteiger partial charge in [0, 0.05) is 31.1 Å². The quantitative estimate of drug-likeness (QED) is 0.452. The van der Waals surface area contributed by atoms with Crippen molar-refractivity contribution in [2.45, 2.75) is 32.7 Å². The second-order valence-corrected chi connectivity index (χ2v) is 8.30. The number of hydrogen-bond donors (Lipinski definition) is 0. The third kappa shape index (κ3) is 3.50. The van der Waals surface area contributed by atoms with Crippen LogP contribution in [0.15, 0.2) is 66.7 Å². The molecule has 0 bridgehead atoms. The van der Waals surface area contributed by atoms with E-state index in [-0.39, 0.29) is 17.6 Å². The molecule has 0 radical (unpaired) electrons. The van der Waals surface area contributed by atoms with Crippen LogP contribution in [-0.2, 0) is 11.3 Å². The standard InChI is InChI=1S/C26H24FN3O/c1-17-6-5-9-23(18(17)2)29-16-20(14-25(29)31)26-28-22-7-3-4-8-24(22)30(26)15-19-10-12-21(27)13-11-19/h3-13,20H,14-16H2,1-2H3/t20-/m0/s1. The smallest absolute Gasteiger partial charge is 0.227 e. The van der Waals surface area contributed by atoms with Gasteiger partial charge < -0.3 is 9.47 Å². The van der Waals surface area contributed by atoms with Crippen LogP contribution in [-0.4, -0.2) is 22.0 Å². The molecule has 5 rings (SSSR count). The molecule has 1 aliphatic rings. The van der Waals surface area contributed by atoms with Crippen molar-refractivity contribution in [1.29, 1.82) is 0 Å². The molecule has 1 fully saturated rings. The van der Waals surface area contributed by atoms with E-state index in [0.29, 0.717) is 19.5 Å². The molecule has 0 spiro atoms. The van der Waals surface area contributed by atoms with Gasteiger partial charge in [0.2, 0.25) is 5.91 Å². The van der Waals surface area contributed by atoms with Crippen molar-refractivity contribution >= 4 is 22.6 Å². The molecular formula is C26H24FN3O. The van der Waals surface area contributed by atoms with Crippen LogP contribution < -0.4 is 4.90 Å². The van der Waals surface area contributed by atoms with Crippen LogP contribution >= 0.6 is 0 Å². The van der Waals surface area contributed by atoms with Crippen molar-refractivity contribution in [2.24, 2.45) is 0 Å². The maximum Gasteiger partial charge on any atom is 0.227 e. The Morgan fingerprint density at radius 3 is 2.58 bits per heavy atom. The van der Waals surface area contributed by atoms with Gasteiger partial charge in [0.05, 0.1) is 11.0 Å². The van der Waals surface area contributed by atoms with Crippen LogP contribution in [0.4, 0.5) is 10.1 Å². The third-order valence-electron chi connectivity index (χ3n) is 6.30. The molecule has 1 atom stereocenters. The number of amides is 1.